The second-order valence-corrected chi connectivity index (χ2v) is 5.96. The fourth-order valence-corrected chi connectivity index (χ4v) is 2.79. The van der Waals surface area contributed by atoms with Crippen LogP contribution in [0.2, 0.25) is 0 Å². The molecule has 1 aliphatic heterocycles. The standard InChI is InChI=1S/C20H18N2O6/c1-3-22-19(25)15-8-7-12(9-16(15)20(22)26)18(24)21-13-5-4-6-14(10-13)28-11-17(23)27-2/h4-10H,3,11H2,1-2H3,(H,21,24). The number of fused-ring (bicyclic) bond motifs is 1. The van der Waals surface area contributed by atoms with Gasteiger partial charge in [-0.2, -0.15) is 0 Å². The van der Waals surface area contributed by atoms with Crippen molar-refractivity contribution in [2.45, 2.75) is 6.92 Å². The molecule has 3 amide bonds. The van der Waals surface area contributed by atoms with E-state index in [1.54, 1.807) is 31.2 Å². The predicted octanol–water partition coefficient (Wildman–Crippen LogP) is 2.11. The number of nitrogens with zero attached hydrogens (tertiary/aromatic N) is 1. The number of benzene rings is 2. The summed E-state index contributed by atoms with van der Waals surface area (Å²) in [6, 6.07) is 10.9. The molecule has 2 aromatic rings. The fraction of sp³-hybridized carbons (Fsp3) is 0.200. The SMILES string of the molecule is CCN1C(=O)c2ccc(C(=O)Nc3cccc(OCC(=O)OC)c3)cc2C1=O. The first kappa shape index (κ1) is 19.1. The van der Waals surface area contributed by atoms with E-state index in [0.29, 0.717) is 17.0 Å². The number of anilines is 1. The molecular weight excluding hydrogens is 364 g/mol. The zero-order valence-electron chi connectivity index (χ0n) is 15.4. The van der Waals surface area contributed by atoms with Gasteiger partial charge < -0.3 is 14.8 Å². The Kier molecular flexibility index (Phi) is 5.39. The quantitative estimate of drug-likeness (QED) is 0.606. The highest BCUT2D eigenvalue weighted by molar-refractivity contribution is 6.22. The van der Waals surface area contributed by atoms with Crippen LogP contribution >= 0.6 is 0 Å². The molecule has 0 unspecified atom stereocenters. The summed E-state index contributed by atoms with van der Waals surface area (Å²) in [7, 11) is 1.26. The van der Waals surface area contributed by atoms with Crippen LogP contribution < -0.4 is 10.1 Å². The van der Waals surface area contributed by atoms with E-state index in [2.05, 4.69) is 10.1 Å². The monoisotopic (exact) mass is 382 g/mol. The highest BCUT2D eigenvalue weighted by atomic mass is 16.6. The number of esters is 1. The van der Waals surface area contributed by atoms with Crippen molar-refractivity contribution in [3.05, 3.63) is 59.2 Å². The van der Waals surface area contributed by atoms with E-state index in [0.717, 1.165) is 4.90 Å². The molecule has 28 heavy (non-hydrogen) atoms. The first-order valence-electron chi connectivity index (χ1n) is 8.56. The van der Waals surface area contributed by atoms with E-state index in [9.17, 15) is 19.2 Å². The smallest absolute Gasteiger partial charge is 0.343 e. The summed E-state index contributed by atoms with van der Waals surface area (Å²) in [6.45, 7) is 1.74. The molecule has 0 saturated heterocycles. The molecule has 0 spiro atoms. The van der Waals surface area contributed by atoms with Crippen LogP contribution in [0.15, 0.2) is 42.5 Å². The van der Waals surface area contributed by atoms with Crippen LogP contribution in [0.4, 0.5) is 5.69 Å². The van der Waals surface area contributed by atoms with E-state index in [-0.39, 0.29) is 30.2 Å². The molecule has 3 rings (SSSR count). The third-order valence-corrected chi connectivity index (χ3v) is 4.23. The predicted molar refractivity (Wildman–Crippen MR) is 99.4 cm³/mol. The highest BCUT2D eigenvalue weighted by Crippen LogP contribution is 2.24. The molecule has 8 nitrogen and oxygen atoms in total. The van der Waals surface area contributed by atoms with Crippen LogP contribution in [0.25, 0.3) is 0 Å². The number of methoxy groups -OCH3 is 1. The Bertz CT molecular complexity index is 969. The molecule has 1 aliphatic rings. The first-order chi connectivity index (χ1) is 13.4. The Labute approximate surface area is 161 Å². The second-order valence-electron chi connectivity index (χ2n) is 5.96. The van der Waals surface area contributed by atoms with Crippen LogP contribution in [-0.4, -0.2) is 48.9 Å². The number of hydrogen-bond donors (Lipinski definition) is 1. The van der Waals surface area contributed by atoms with E-state index in [1.165, 1.54) is 25.3 Å². The lowest BCUT2D eigenvalue weighted by atomic mass is 10.1. The Hall–Kier alpha value is -3.68. The maximum Gasteiger partial charge on any atom is 0.343 e. The largest absolute Gasteiger partial charge is 0.482 e. The molecule has 1 N–H and O–H groups in total. The summed E-state index contributed by atoms with van der Waals surface area (Å²) >= 11 is 0. The van der Waals surface area contributed by atoms with Crippen molar-refractivity contribution < 1.29 is 28.7 Å². The summed E-state index contributed by atoms with van der Waals surface area (Å²) in [5.41, 5.74) is 1.21. The number of ether oxygens (including phenoxy) is 2. The lowest BCUT2D eigenvalue weighted by Gasteiger charge is -2.09. The van der Waals surface area contributed by atoms with Crippen molar-refractivity contribution in [3.63, 3.8) is 0 Å². The summed E-state index contributed by atoms with van der Waals surface area (Å²) in [6.07, 6.45) is 0. The number of carbonyl (C=O) groups is 4. The van der Waals surface area contributed by atoms with Gasteiger partial charge in [0.1, 0.15) is 5.75 Å². The van der Waals surface area contributed by atoms with E-state index in [1.807, 2.05) is 0 Å². The molecule has 8 heteroatoms. The third-order valence-electron chi connectivity index (χ3n) is 4.23. The zero-order chi connectivity index (χ0) is 20.3. The van der Waals surface area contributed by atoms with Gasteiger partial charge >= 0.3 is 5.97 Å². The molecule has 1 heterocycles. The number of imide groups is 1. The summed E-state index contributed by atoms with van der Waals surface area (Å²) in [4.78, 5) is 49.2. The van der Waals surface area contributed by atoms with Crippen LogP contribution in [0, 0.1) is 0 Å². The number of amides is 3. The summed E-state index contributed by atoms with van der Waals surface area (Å²) in [5, 5.41) is 2.70. The van der Waals surface area contributed by atoms with E-state index < -0.39 is 17.8 Å². The number of nitrogens with one attached hydrogen (secondary N) is 1. The lowest BCUT2D eigenvalue weighted by molar-refractivity contribution is -0.142. The van der Waals surface area contributed by atoms with Gasteiger partial charge in [-0.3, -0.25) is 19.3 Å². The molecule has 144 valence electrons. The minimum Gasteiger partial charge on any atom is -0.482 e. The van der Waals surface area contributed by atoms with Gasteiger partial charge in [-0.15, -0.1) is 0 Å². The molecule has 0 atom stereocenters. The average molecular weight is 382 g/mol. The molecule has 0 bridgehead atoms. The van der Waals surface area contributed by atoms with Crippen LogP contribution in [0.5, 0.6) is 5.75 Å². The van der Waals surface area contributed by atoms with Crippen molar-refractivity contribution in [3.8, 4) is 5.75 Å². The Morgan fingerprint density at radius 2 is 1.79 bits per heavy atom. The van der Waals surface area contributed by atoms with Crippen molar-refractivity contribution >= 4 is 29.4 Å². The molecule has 0 aliphatic carbocycles. The number of rotatable bonds is 6. The van der Waals surface area contributed by atoms with Crippen LogP contribution in [0.3, 0.4) is 0 Å². The van der Waals surface area contributed by atoms with Gasteiger partial charge in [-0.25, -0.2) is 4.79 Å². The molecular formula is C20H18N2O6. The number of hydrogen-bond acceptors (Lipinski definition) is 6. The minimum atomic E-state index is -0.520. The second kappa shape index (κ2) is 7.91. The van der Waals surface area contributed by atoms with E-state index in [4.69, 9.17) is 4.74 Å². The van der Waals surface area contributed by atoms with Gasteiger partial charge in [0.15, 0.2) is 6.61 Å². The van der Waals surface area contributed by atoms with Crippen molar-refractivity contribution in [1.82, 2.24) is 4.90 Å². The Morgan fingerprint density at radius 3 is 2.50 bits per heavy atom. The van der Waals surface area contributed by atoms with E-state index >= 15 is 0 Å². The highest BCUT2D eigenvalue weighted by Gasteiger charge is 2.34. The molecule has 0 saturated carbocycles. The van der Waals surface area contributed by atoms with Crippen LogP contribution in [0.1, 0.15) is 38.0 Å². The van der Waals surface area contributed by atoms with Gasteiger partial charge in [-0.1, -0.05) is 6.07 Å². The normalized spacial score (nSPS) is 12.6. The zero-order valence-corrected chi connectivity index (χ0v) is 15.4. The topological polar surface area (TPSA) is 102 Å². The van der Waals surface area contributed by atoms with Crippen molar-refractivity contribution in [2.75, 3.05) is 25.6 Å². The fourth-order valence-electron chi connectivity index (χ4n) is 2.79. The first-order valence-corrected chi connectivity index (χ1v) is 8.56. The van der Waals surface area contributed by atoms with Crippen molar-refractivity contribution in [2.24, 2.45) is 0 Å². The Morgan fingerprint density at radius 1 is 1.04 bits per heavy atom. The summed E-state index contributed by atoms with van der Waals surface area (Å²) in [5.74, 6) is -1.34. The maximum atomic E-state index is 12.5. The molecule has 2 aromatic carbocycles. The average Bonchev–Trinajstić information content (AvgIpc) is 2.95. The molecule has 0 fully saturated rings. The lowest BCUT2D eigenvalue weighted by Crippen LogP contribution is -2.29. The maximum absolute atomic E-state index is 12.5. The van der Waals surface area contributed by atoms with Gasteiger partial charge in [0.05, 0.1) is 18.2 Å². The van der Waals surface area contributed by atoms with Gasteiger partial charge in [0.2, 0.25) is 0 Å². The van der Waals surface area contributed by atoms with Gasteiger partial charge in [0.25, 0.3) is 17.7 Å². The molecule has 0 radical (unpaired) electrons. The minimum absolute atomic E-state index is 0.217. The summed E-state index contributed by atoms with van der Waals surface area (Å²) < 4.78 is 9.79. The molecule has 0 aromatic heterocycles. The van der Waals surface area contributed by atoms with Crippen molar-refractivity contribution in [1.29, 1.82) is 0 Å². The van der Waals surface area contributed by atoms with Gasteiger partial charge in [-0.05, 0) is 37.3 Å². The third kappa shape index (κ3) is 3.71. The van der Waals surface area contributed by atoms with Gasteiger partial charge in [0, 0.05) is 23.9 Å². The van der Waals surface area contributed by atoms with Crippen LogP contribution in [-0.2, 0) is 9.53 Å². The Balaban J connectivity index is 1.74. The number of carbonyl (C=O) groups excluding carboxylic acids is 4.